The van der Waals surface area contributed by atoms with Crippen molar-refractivity contribution < 1.29 is 55.3 Å². The van der Waals surface area contributed by atoms with Gasteiger partial charge in [0.2, 0.25) is 0 Å². The third-order valence-corrected chi connectivity index (χ3v) is 9.81. The lowest BCUT2D eigenvalue weighted by Gasteiger charge is -2.14. The Labute approximate surface area is 305 Å². The van der Waals surface area contributed by atoms with Crippen molar-refractivity contribution in [1.29, 1.82) is 0 Å². The molecule has 18 heteroatoms. The molecule has 274 valence electrons. The van der Waals surface area contributed by atoms with E-state index in [9.17, 15) is 55.3 Å². The van der Waals surface area contributed by atoms with Gasteiger partial charge in [-0.15, -0.1) is 0 Å². The van der Waals surface area contributed by atoms with Gasteiger partial charge >= 0.3 is 11.8 Å². The molecule has 0 heterocycles. The van der Waals surface area contributed by atoms with E-state index in [-0.39, 0.29) is 55.4 Å². The normalized spacial score (nSPS) is 11.5. The van der Waals surface area contributed by atoms with Gasteiger partial charge in [0, 0.05) is 56.2 Å². The third-order valence-electron chi connectivity index (χ3n) is 8.02. The summed E-state index contributed by atoms with van der Waals surface area (Å²) in [4.78, 5) is 50.1. The highest BCUT2D eigenvalue weighted by molar-refractivity contribution is 7.86. The highest BCUT2D eigenvalue weighted by atomic mass is 32.2. The van der Waals surface area contributed by atoms with Gasteiger partial charge in [0.15, 0.2) is 0 Å². The van der Waals surface area contributed by atoms with Crippen LogP contribution in [0.4, 0.5) is 22.7 Å². The van der Waals surface area contributed by atoms with Crippen LogP contribution < -0.4 is 21.3 Å². The molecule has 6 rings (SSSR count). The first kappa shape index (κ1) is 36.9. The number of benzene rings is 6. The van der Waals surface area contributed by atoms with Crippen LogP contribution in [0, 0.1) is 0 Å². The van der Waals surface area contributed by atoms with Crippen molar-refractivity contribution in [2.45, 2.75) is 9.79 Å². The topological polar surface area (TPSA) is 266 Å². The maximum atomic E-state index is 13.0. The summed E-state index contributed by atoms with van der Waals surface area (Å²) in [5, 5.41) is 31.2. The van der Waals surface area contributed by atoms with E-state index >= 15 is 0 Å². The summed E-state index contributed by atoms with van der Waals surface area (Å²) in [6.07, 6.45) is 0. The van der Waals surface area contributed by atoms with E-state index in [4.69, 9.17) is 0 Å². The summed E-state index contributed by atoms with van der Waals surface area (Å²) < 4.78 is 66.4. The van der Waals surface area contributed by atoms with E-state index in [2.05, 4.69) is 21.3 Å². The number of aromatic hydroxyl groups is 2. The van der Waals surface area contributed by atoms with Gasteiger partial charge < -0.3 is 31.5 Å². The molecule has 0 saturated carbocycles. The predicted octanol–water partition coefficient (Wildman–Crippen LogP) is 4.98. The van der Waals surface area contributed by atoms with Crippen molar-refractivity contribution in [1.82, 2.24) is 0 Å². The fraction of sp³-hybridized carbons (Fsp3) is 0. The molecule has 6 aromatic carbocycles. The Morgan fingerprint density at radius 2 is 0.759 bits per heavy atom. The average Bonchev–Trinajstić information content (AvgIpc) is 3.13. The van der Waals surface area contributed by atoms with Gasteiger partial charge in [-0.25, -0.2) is 0 Å². The van der Waals surface area contributed by atoms with Crippen molar-refractivity contribution >= 4 is 88.2 Å². The largest absolute Gasteiger partial charge is 0.506 e. The molecule has 0 aromatic heterocycles. The molecule has 0 aliphatic carbocycles. The van der Waals surface area contributed by atoms with Gasteiger partial charge in [-0.05, 0) is 48.5 Å². The van der Waals surface area contributed by atoms with E-state index in [0.29, 0.717) is 0 Å². The number of anilines is 4. The smallest absolute Gasteiger partial charge is 0.314 e. The molecule has 0 unspecified atom stereocenters. The Morgan fingerprint density at radius 3 is 1.07 bits per heavy atom. The molecule has 16 nitrogen and oxygen atoms in total. The summed E-state index contributed by atoms with van der Waals surface area (Å²) in [5.41, 5.74) is 0.220. The number of amides is 4. The molecule has 0 aliphatic rings. The molecule has 0 atom stereocenters. The van der Waals surface area contributed by atoms with Crippen LogP contribution in [-0.2, 0) is 29.8 Å². The van der Waals surface area contributed by atoms with Crippen molar-refractivity contribution in [3.63, 3.8) is 0 Å². The maximum absolute atomic E-state index is 13.0. The number of nitrogens with one attached hydrogen (secondary N) is 4. The Hall–Kier alpha value is -6.86. The molecule has 54 heavy (non-hydrogen) atoms. The second-order valence-electron chi connectivity index (χ2n) is 11.6. The molecule has 0 bridgehead atoms. The van der Waals surface area contributed by atoms with Gasteiger partial charge in [-0.1, -0.05) is 48.5 Å². The van der Waals surface area contributed by atoms with E-state index in [0.717, 1.165) is 12.1 Å². The summed E-state index contributed by atoms with van der Waals surface area (Å²) in [5.74, 6) is -4.77. The van der Waals surface area contributed by atoms with Crippen LogP contribution in [0.3, 0.4) is 0 Å². The van der Waals surface area contributed by atoms with Crippen LogP contribution in [0.2, 0.25) is 0 Å². The monoisotopic (exact) mass is 770 g/mol. The zero-order chi connectivity index (χ0) is 38.9. The molecular weight excluding hydrogens is 745 g/mol. The SMILES string of the molecule is O=C(Nc1ccc(C(=O)Nc2c(O)cc(S(=O)(=O)O)c3ccccc23)cc1)C(=O)Nc1ccc(C(=O)Nc2c(O)cc(S(=O)(=O)O)c3ccccc23)cc1. The van der Waals surface area contributed by atoms with Gasteiger partial charge in [0.05, 0.1) is 11.4 Å². The third kappa shape index (κ3) is 7.66. The Balaban J connectivity index is 1.08. The van der Waals surface area contributed by atoms with Crippen LogP contribution in [0.15, 0.2) is 119 Å². The number of carbonyl (C=O) groups excluding carboxylic acids is 4. The maximum Gasteiger partial charge on any atom is 0.314 e. The lowest BCUT2D eigenvalue weighted by Crippen LogP contribution is -2.29. The minimum Gasteiger partial charge on any atom is -0.506 e. The second kappa shape index (κ2) is 14.3. The first-order chi connectivity index (χ1) is 25.5. The first-order valence-corrected chi connectivity index (χ1v) is 18.3. The Morgan fingerprint density at radius 1 is 0.444 bits per heavy atom. The summed E-state index contributed by atoms with van der Waals surface area (Å²) in [7, 11) is -9.38. The fourth-order valence-corrected chi connectivity index (χ4v) is 6.94. The molecule has 0 aliphatic heterocycles. The van der Waals surface area contributed by atoms with E-state index in [1.54, 1.807) is 12.1 Å². The lowest BCUT2D eigenvalue weighted by molar-refractivity contribution is -0.132. The number of phenolic OH excluding ortho intramolecular Hbond substituents is 2. The van der Waals surface area contributed by atoms with Crippen molar-refractivity contribution in [3.05, 3.63) is 120 Å². The van der Waals surface area contributed by atoms with E-state index in [1.165, 1.54) is 84.9 Å². The summed E-state index contributed by atoms with van der Waals surface area (Å²) in [6.45, 7) is 0. The molecule has 0 saturated heterocycles. The quantitative estimate of drug-likeness (QED) is 0.0579. The highest BCUT2D eigenvalue weighted by Crippen LogP contribution is 2.39. The van der Waals surface area contributed by atoms with Crippen LogP contribution >= 0.6 is 0 Å². The van der Waals surface area contributed by atoms with Crippen molar-refractivity contribution in [2.75, 3.05) is 21.3 Å². The molecule has 8 N–H and O–H groups in total. The van der Waals surface area contributed by atoms with Crippen LogP contribution in [0.5, 0.6) is 11.5 Å². The minimum atomic E-state index is -4.69. The highest BCUT2D eigenvalue weighted by Gasteiger charge is 2.23. The number of hydrogen-bond acceptors (Lipinski definition) is 10. The summed E-state index contributed by atoms with van der Waals surface area (Å²) in [6, 6.07) is 24.1. The number of phenols is 2. The molecule has 6 aromatic rings. The molecular formula is C36H26N4O12S2. The Bertz CT molecular complexity index is 2560. The molecule has 0 fully saturated rings. The number of rotatable bonds is 8. The zero-order valence-corrected chi connectivity index (χ0v) is 28.9. The van der Waals surface area contributed by atoms with Crippen LogP contribution in [-0.4, -0.2) is 59.8 Å². The number of carbonyl (C=O) groups is 4. The fourth-order valence-electron chi connectivity index (χ4n) is 5.50. The Kier molecular flexibility index (Phi) is 9.76. The van der Waals surface area contributed by atoms with Crippen molar-refractivity contribution in [2.24, 2.45) is 0 Å². The molecule has 0 radical (unpaired) electrons. The predicted molar refractivity (Wildman–Crippen MR) is 197 cm³/mol. The van der Waals surface area contributed by atoms with E-state index < -0.39 is 65.2 Å². The average molecular weight is 771 g/mol. The number of fused-ring (bicyclic) bond motifs is 2. The minimum absolute atomic E-state index is 0.0603. The number of hydrogen-bond donors (Lipinski definition) is 8. The van der Waals surface area contributed by atoms with Crippen molar-refractivity contribution in [3.8, 4) is 11.5 Å². The van der Waals surface area contributed by atoms with Gasteiger partial charge in [0.1, 0.15) is 21.3 Å². The van der Waals surface area contributed by atoms with Gasteiger partial charge in [-0.3, -0.25) is 28.3 Å². The van der Waals surface area contributed by atoms with Gasteiger partial charge in [0.25, 0.3) is 32.1 Å². The lowest BCUT2D eigenvalue weighted by atomic mass is 10.1. The first-order valence-electron chi connectivity index (χ1n) is 15.4. The zero-order valence-electron chi connectivity index (χ0n) is 27.3. The van der Waals surface area contributed by atoms with E-state index in [1.807, 2.05) is 0 Å². The van der Waals surface area contributed by atoms with Crippen LogP contribution in [0.1, 0.15) is 20.7 Å². The standard InChI is InChI=1S/C36H26N4O12S2/c41-27-17-29(53(47,48)49)23-5-1-3-7-25(23)31(27)39-33(43)19-9-13-21(14-10-19)37-35(45)36(46)38-22-15-11-20(12-16-22)34(44)40-32-26-8-4-2-6-24(26)30(18-28(32)42)54(50,51)52/h1-18,41-42H,(H,37,45)(H,38,46)(H,39,43)(H,40,44)(H,47,48,49)(H,50,51,52). The molecule has 0 spiro atoms. The summed E-state index contributed by atoms with van der Waals surface area (Å²) >= 11 is 0. The van der Waals surface area contributed by atoms with Gasteiger partial charge in [-0.2, -0.15) is 16.8 Å². The second-order valence-corrected chi connectivity index (χ2v) is 14.3. The van der Waals surface area contributed by atoms with Crippen LogP contribution in [0.25, 0.3) is 21.5 Å². The molecule has 4 amide bonds.